The number of fused-ring (bicyclic) bond motifs is 1. The Bertz CT molecular complexity index is 1340. The summed E-state index contributed by atoms with van der Waals surface area (Å²) in [6, 6.07) is 18.7. The van der Waals surface area contributed by atoms with Crippen LogP contribution in [0.1, 0.15) is 26.3 Å². The summed E-state index contributed by atoms with van der Waals surface area (Å²) in [7, 11) is -1.000. The highest BCUT2D eigenvalue weighted by molar-refractivity contribution is 7.89. The van der Waals surface area contributed by atoms with Gasteiger partial charge in [-0.25, -0.2) is 8.42 Å². The Balaban J connectivity index is 1.83. The number of sulfonamides is 1. The van der Waals surface area contributed by atoms with Crippen molar-refractivity contribution < 1.29 is 22.7 Å². The molecule has 1 N–H and O–H groups in total. The number of nitrogens with zero attached hydrogens (tertiary/aromatic N) is 2. The molecule has 0 aliphatic heterocycles. The minimum atomic E-state index is -3.94. The SMILES string of the molecule is COc1ccc(CN(C(=O)CN(C)S(=O)(=O)c2ccc3ccccc3c2)[C@H](C)C(=O)NCC(C)C)cc1. The zero-order valence-electron chi connectivity index (χ0n) is 22.0. The third-order valence-electron chi connectivity index (χ3n) is 6.15. The van der Waals surface area contributed by atoms with Crippen LogP contribution in [0.3, 0.4) is 0 Å². The minimum Gasteiger partial charge on any atom is -0.497 e. The third-order valence-corrected chi connectivity index (χ3v) is 7.95. The summed E-state index contributed by atoms with van der Waals surface area (Å²) in [6.45, 7) is 5.82. The monoisotopic (exact) mass is 525 g/mol. The third kappa shape index (κ3) is 7.08. The number of ether oxygens (including phenoxy) is 1. The first-order chi connectivity index (χ1) is 17.5. The van der Waals surface area contributed by atoms with E-state index in [4.69, 9.17) is 4.74 Å². The van der Waals surface area contributed by atoms with Crippen LogP contribution < -0.4 is 10.1 Å². The number of carbonyl (C=O) groups excluding carboxylic acids is 2. The molecule has 8 nitrogen and oxygen atoms in total. The lowest BCUT2D eigenvalue weighted by Crippen LogP contribution is -2.51. The largest absolute Gasteiger partial charge is 0.497 e. The Hall–Kier alpha value is -3.43. The van der Waals surface area contributed by atoms with Crippen molar-refractivity contribution >= 4 is 32.6 Å². The zero-order chi connectivity index (χ0) is 27.2. The molecular weight excluding hydrogens is 490 g/mol. The van der Waals surface area contributed by atoms with Gasteiger partial charge in [-0.3, -0.25) is 9.59 Å². The van der Waals surface area contributed by atoms with Crippen molar-refractivity contribution in [2.75, 3.05) is 27.2 Å². The van der Waals surface area contributed by atoms with Gasteiger partial charge in [0.2, 0.25) is 21.8 Å². The van der Waals surface area contributed by atoms with Crippen molar-refractivity contribution in [3.63, 3.8) is 0 Å². The summed E-state index contributed by atoms with van der Waals surface area (Å²) >= 11 is 0. The van der Waals surface area contributed by atoms with Gasteiger partial charge < -0.3 is 15.0 Å². The topological polar surface area (TPSA) is 96.0 Å². The van der Waals surface area contributed by atoms with E-state index >= 15 is 0 Å². The van der Waals surface area contributed by atoms with Gasteiger partial charge in [0.05, 0.1) is 18.6 Å². The van der Waals surface area contributed by atoms with Crippen LogP contribution in [0.2, 0.25) is 0 Å². The van der Waals surface area contributed by atoms with Gasteiger partial charge in [0.15, 0.2) is 0 Å². The molecule has 0 saturated carbocycles. The molecule has 0 unspecified atom stereocenters. The fraction of sp³-hybridized carbons (Fsp3) is 0.357. The van der Waals surface area contributed by atoms with Crippen LogP contribution in [0.5, 0.6) is 5.75 Å². The predicted octanol–water partition coefficient (Wildman–Crippen LogP) is 3.66. The maximum absolute atomic E-state index is 13.5. The number of nitrogens with one attached hydrogen (secondary N) is 1. The standard InChI is InChI=1S/C28H35N3O5S/c1-20(2)17-29-28(33)21(3)31(18-22-10-13-25(36-5)14-11-22)27(32)19-30(4)37(34,35)26-15-12-23-8-6-7-9-24(23)16-26/h6-16,20-21H,17-19H2,1-5H3,(H,29,33)/t21-/m1/s1. The van der Waals surface area contributed by atoms with Crippen molar-refractivity contribution in [2.24, 2.45) is 5.92 Å². The highest BCUT2D eigenvalue weighted by Gasteiger charge is 2.30. The zero-order valence-corrected chi connectivity index (χ0v) is 22.8. The van der Waals surface area contributed by atoms with Crippen molar-refractivity contribution in [1.29, 1.82) is 0 Å². The summed E-state index contributed by atoms with van der Waals surface area (Å²) in [6.07, 6.45) is 0. The second-order valence-corrected chi connectivity index (χ2v) is 11.5. The van der Waals surface area contributed by atoms with Gasteiger partial charge in [0, 0.05) is 20.1 Å². The Morgan fingerprint density at radius 1 is 0.946 bits per heavy atom. The summed E-state index contributed by atoms with van der Waals surface area (Å²) in [5.41, 5.74) is 0.790. The maximum atomic E-state index is 13.5. The molecule has 198 valence electrons. The van der Waals surface area contributed by atoms with Crippen LogP contribution in [0.4, 0.5) is 0 Å². The summed E-state index contributed by atoms with van der Waals surface area (Å²) in [5, 5.41) is 4.58. The van der Waals surface area contributed by atoms with Gasteiger partial charge in [-0.1, -0.05) is 56.3 Å². The van der Waals surface area contributed by atoms with Crippen molar-refractivity contribution in [1.82, 2.24) is 14.5 Å². The quantitative estimate of drug-likeness (QED) is 0.412. The second kappa shape index (κ2) is 12.2. The molecule has 0 aliphatic carbocycles. The summed E-state index contributed by atoms with van der Waals surface area (Å²) in [4.78, 5) is 27.8. The van der Waals surface area contributed by atoms with Crippen LogP contribution in [0.15, 0.2) is 71.6 Å². The van der Waals surface area contributed by atoms with Gasteiger partial charge in [-0.2, -0.15) is 4.31 Å². The van der Waals surface area contributed by atoms with E-state index in [0.29, 0.717) is 12.3 Å². The van der Waals surface area contributed by atoms with E-state index in [9.17, 15) is 18.0 Å². The van der Waals surface area contributed by atoms with Gasteiger partial charge in [0.1, 0.15) is 11.8 Å². The van der Waals surface area contributed by atoms with Crippen LogP contribution in [0, 0.1) is 5.92 Å². The Morgan fingerprint density at radius 2 is 1.59 bits per heavy atom. The molecule has 0 aromatic heterocycles. The molecule has 37 heavy (non-hydrogen) atoms. The molecule has 3 rings (SSSR count). The number of likely N-dealkylation sites (N-methyl/N-ethyl adjacent to an activating group) is 1. The molecule has 0 aliphatic rings. The molecule has 0 fully saturated rings. The molecule has 9 heteroatoms. The Kier molecular flexibility index (Phi) is 9.29. The fourth-order valence-corrected chi connectivity index (χ4v) is 4.99. The number of rotatable bonds is 11. The van der Waals surface area contributed by atoms with Gasteiger partial charge >= 0.3 is 0 Å². The molecular formula is C28H35N3O5S. The molecule has 0 spiro atoms. The highest BCUT2D eigenvalue weighted by atomic mass is 32.2. The van der Waals surface area contributed by atoms with E-state index in [1.165, 1.54) is 18.0 Å². The molecule has 2 amide bonds. The predicted molar refractivity (Wildman–Crippen MR) is 145 cm³/mol. The van der Waals surface area contributed by atoms with Gasteiger partial charge in [0.25, 0.3) is 0 Å². The Labute approximate surface area is 219 Å². The van der Waals surface area contributed by atoms with Gasteiger partial charge in [-0.15, -0.1) is 0 Å². The average Bonchev–Trinajstić information content (AvgIpc) is 2.89. The smallest absolute Gasteiger partial charge is 0.243 e. The van der Waals surface area contributed by atoms with Crippen molar-refractivity contribution in [3.8, 4) is 5.75 Å². The number of amides is 2. The lowest BCUT2D eigenvalue weighted by Gasteiger charge is -2.30. The number of benzene rings is 3. The van der Waals surface area contributed by atoms with Crippen molar-refractivity contribution in [3.05, 3.63) is 72.3 Å². The number of methoxy groups -OCH3 is 1. The molecule has 0 bridgehead atoms. The minimum absolute atomic E-state index is 0.103. The van der Waals surface area contributed by atoms with E-state index in [2.05, 4.69) is 5.32 Å². The second-order valence-electron chi connectivity index (χ2n) is 9.45. The van der Waals surface area contributed by atoms with Crippen LogP contribution in [-0.2, 0) is 26.2 Å². The van der Waals surface area contributed by atoms with E-state index in [1.54, 1.807) is 38.3 Å². The average molecular weight is 526 g/mol. The van der Waals surface area contributed by atoms with Crippen LogP contribution >= 0.6 is 0 Å². The van der Waals surface area contributed by atoms with Crippen LogP contribution in [0.25, 0.3) is 10.8 Å². The first-order valence-electron chi connectivity index (χ1n) is 12.2. The number of hydrogen-bond donors (Lipinski definition) is 1. The maximum Gasteiger partial charge on any atom is 0.243 e. The first-order valence-corrected chi connectivity index (χ1v) is 13.6. The molecule has 3 aromatic carbocycles. The molecule has 1 atom stereocenters. The van der Waals surface area contributed by atoms with Crippen molar-refractivity contribution in [2.45, 2.75) is 38.3 Å². The molecule has 0 saturated heterocycles. The number of carbonyl (C=O) groups is 2. The normalized spacial score (nSPS) is 12.5. The molecule has 0 radical (unpaired) electrons. The van der Waals surface area contributed by atoms with Crippen LogP contribution in [-0.4, -0.2) is 62.7 Å². The van der Waals surface area contributed by atoms with Gasteiger partial charge in [-0.05, 0) is 53.4 Å². The van der Waals surface area contributed by atoms with E-state index in [-0.39, 0.29) is 23.3 Å². The Morgan fingerprint density at radius 3 is 2.22 bits per heavy atom. The van der Waals surface area contributed by atoms with E-state index < -0.39 is 28.5 Å². The first kappa shape index (κ1) is 28.1. The van der Waals surface area contributed by atoms with E-state index in [0.717, 1.165) is 20.6 Å². The summed E-state index contributed by atoms with van der Waals surface area (Å²) in [5.74, 6) is 0.149. The molecule has 0 heterocycles. The van der Waals surface area contributed by atoms with E-state index in [1.807, 2.05) is 50.2 Å². The fourth-order valence-electron chi connectivity index (χ4n) is 3.84. The number of hydrogen-bond acceptors (Lipinski definition) is 5. The summed E-state index contributed by atoms with van der Waals surface area (Å²) < 4.78 is 32.8. The molecule has 3 aromatic rings. The lowest BCUT2D eigenvalue weighted by atomic mass is 10.1. The highest BCUT2D eigenvalue weighted by Crippen LogP contribution is 2.22. The lowest BCUT2D eigenvalue weighted by molar-refractivity contribution is -0.140.